The Morgan fingerprint density at radius 3 is 2.28 bits per heavy atom. The molecule has 4 heterocycles. The molecule has 1 amide bonds. The molecule has 0 atom stereocenters. The van der Waals surface area contributed by atoms with Crippen LogP contribution in [-0.4, -0.2) is 73.9 Å². The van der Waals surface area contributed by atoms with Crippen molar-refractivity contribution < 1.29 is 27.1 Å². The van der Waals surface area contributed by atoms with Crippen molar-refractivity contribution in [1.29, 1.82) is 0 Å². The van der Waals surface area contributed by atoms with Crippen molar-refractivity contribution in [3.63, 3.8) is 0 Å². The molecular weight excluding hydrogens is 580 g/mol. The van der Waals surface area contributed by atoms with Crippen LogP contribution in [0.15, 0.2) is 30.3 Å². The summed E-state index contributed by atoms with van der Waals surface area (Å²) in [6, 6.07) is 8.05. The van der Waals surface area contributed by atoms with E-state index in [1.54, 1.807) is 23.1 Å². The number of halogens is 2. The van der Waals surface area contributed by atoms with Gasteiger partial charge in [0.1, 0.15) is 11.3 Å². The first kappa shape index (κ1) is 29.3. The van der Waals surface area contributed by atoms with E-state index in [4.69, 9.17) is 16.5 Å². The number of piperidine rings is 2. The summed E-state index contributed by atoms with van der Waals surface area (Å²) >= 11 is 0. The highest BCUT2D eigenvalue weighted by atomic mass is 32.2. The first-order valence-electron chi connectivity index (χ1n) is 14.4. The monoisotopic (exact) mass is 615 g/mol. The van der Waals surface area contributed by atoms with Crippen LogP contribution in [0.5, 0.6) is 0 Å². The van der Waals surface area contributed by atoms with Gasteiger partial charge in [-0.3, -0.25) is 9.52 Å². The van der Waals surface area contributed by atoms with Crippen LogP contribution in [0.4, 0.5) is 31.8 Å². The quantitative estimate of drug-likeness (QED) is 0.297. The highest BCUT2D eigenvalue weighted by Gasteiger charge is 2.45. The Morgan fingerprint density at radius 1 is 0.977 bits per heavy atom. The van der Waals surface area contributed by atoms with Gasteiger partial charge < -0.3 is 26.4 Å². The maximum absolute atomic E-state index is 14.1. The number of nitrogens with zero attached hydrogens (tertiary/aromatic N) is 4. The number of hydrogen-bond acceptors (Lipinski definition) is 9. The smallest absolute Gasteiger partial charge is 0.251 e. The van der Waals surface area contributed by atoms with Gasteiger partial charge in [0.25, 0.3) is 11.8 Å². The number of benzene rings is 1. The summed E-state index contributed by atoms with van der Waals surface area (Å²) in [7, 11) is -3.98. The minimum absolute atomic E-state index is 0.0351. The lowest BCUT2D eigenvalue weighted by Gasteiger charge is -2.37. The molecule has 3 fully saturated rings. The van der Waals surface area contributed by atoms with Gasteiger partial charge in [0.15, 0.2) is 5.82 Å². The highest BCUT2D eigenvalue weighted by molar-refractivity contribution is 7.92. The largest absolute Gasteiger partial charge is 0.395 e. The Kier molecular flexibility index (Phi) is 7.32. The van der Waals surface area contributed by atoms with E-state index >= 15 is 0 Å². The van der Waals surface area contributed by atoms with Crippen molar-refractivity contribution in [2.45, 2.75) is 44.4 Å². The van der Waals surface area contributed by atoms with Crippen LogP contribution in [-0.2, 0) is 10.0 Å². The van der Waals surface area contributed by atoms with Crippen molar-refractivity contribution >= 4 is 49.8 Å². The van der Waals surface area contributed by atoms with Gasteiger partial charge in [-0.15, -0.1) is 0 Å². The lowest BCUT2D eigenvalue weighted by Crippen LogP contribution is -2.40. The number of carbonyl (C=O) groups excluding carboxylic acids is 1. The van der Waals surface area contributed by atoms with Gasteiger partial charge >= 0.3 is 0 Å². The number of nitrogen functional groups attached to an aromatic ring is 1. The first-order chi connectivity index (χ1) is 20.4. The molecule has 2 aromatic heterocycles. The van der Waals surface area contributed by atoms with Gasteiger partial charge in [-0.05, 0) is 61.4 Å². The molecule has 6 N–H and O–H groups in total. The summed E-state index contributed by atoms with van der Waals surface area (Å²) in [5.74, 6) is -3.42. The van der Waals surface area contributed by atoms with E-state index in [1.807, 2.05) is 0 Å². The average Bonchev–Trinajstić information content (AvgIpc) is 3.71. The van der Waals surface area contributed by atoms with Crippen LogP contribution in [0, 0.1) is 5.41 Å². The van der Waals surface area contributed by atoms with Gasteiger partial charge in [-0.1, -0.05) is 0 Å². The molecule has 0 bridgehead atoms. The Morgan fingerprint density at radius 2 is 1.65 bits per heavy atom. The second kappa shape index (κ2) is 10.7. The Balaban J connectivity index is 1.58. The number of sulfonamides is 1. The minimum atomic E-state index is -3.98. The molecule has 11 nitrogen and oxygen atoms in total. The minimum Gasteiger partial charge on any atom is -0.395 e. The molecule has 1 aromatic carbocycles. The molecule has 3 aromatic rings. The van der Waals surface area contributed by atoms with Crippen LogP contribution >= 0.6 is 0 Å². The number of alkyl halides is 2. The molecule has 1 aliphatic carbocycles. The summed E-state index contributed by atoms with van der Waals surface area (Å²) in [6.45, 7) is 0.761. The summed E-state index contributed by atoms with van der Waals surface area (Å²) in [4.78, 5) is 26.0. The number of aliphatic hydroxyl groups excluding tert-OH is 1. The predicted octanol–water partition coefficient (Wildman–Crippen LogP) is 3.33. The Bertz CT molecular complexity index is 1680. The summed E-state index contributed by atoms with van der Waals surface area (Å²) in [6.07, 6.45) is 3.47. The molecule has 3 aliphatic rings. The van der Waals surface area contributed by atoms with Crippen molar-refractivity contribution in [2.24, 2.45) is 11.1 Å². The molecular formula is C29H35F2N7O4S. The maximum atomic E-state index is 14.1. The van der Waals surface area contributed by atoms with Gasteiger partial charge in [0.2, 0.25) is 10.0 Å². The summed E-state index contributed by atoms with van der Waals surface area (Å²) in [5.41, 5.74) is 14.1. The van der Waals surface area contributed by atoms with Gasteiger partial charge in [-0.25, -0.2) is 27.2 Å². The number of nitrogens with one attached hydrogen (secondary N) is 1. The second-order valence-electron chi connectivity index (χ2n) is 11.9. The molecule has 2 saturated heterocycles. The molecule has 1 spiro atoms. The van der Waals surface area contributed by atoms with Crippen LogP contribution in [0.25, 0.3) is 22.2 Å². The lowest BCUT2D eigenvalue weighted by atomic mass is 9.91. The lowest BCUT2D eigenvalue weighted by molar-refractivity contribution is -0.0221. The van der Waals surface area contributed by atoms with E-state index in [9.17, 15) is 27.1 Å². The van der Waals surface area contributed by atoms with Gasteiger partial charge in [0.05, 0.1) is 35.0 Å². The molecule has 0 radical (unpaired) electrons. The van der Waals surface area contributed by atoms with Crippen molar-refractivity contribution in [1.82, 2.24) is 9.97 Å². The van der Waals surface area contributed by atoms with Crippen LogP contribution in [0.2, 0.25) is 0 Å². The average molecular weight is 616 g/mol. The number of amides is 1. The topological polar surface area (TPSA) is 168 Å². The fraction of sp³-hybridized carbons (Fsp3) is 0.483. The number of nitrogens with two attached hydrogens (primary N) is 2. The van der Waals surface area contributed by atoms with Gasteiger partial charge in [0, 0.05) is 50.0 Å². The zero-order valence-electron chi connectivity index (χ0n) is 23.7. The number of pyridine rings is 2. The Labute approximate surface area is 248 Å². The zero-order valence-corrected chi connectivity index (χ0v) is 24.5. The van der Waals surface area contributed by atoms with E-state index in [-0.39, 0.29) is 43.0 Å². The first-order valence-corrected chi connectivity index (χ1v) is 16.1. The number of aromatic nitrogens is 2. The summed E-state index contributed by atoms with van der Waals surface area (Å²) < 4.78 is 56.6. The Hall–Kier alpha value is -3.78. The van der Waals surface area contributed by atoms with E-state index in [0.29, 0.717) is 52.2 Å². The molecule has 230 valence electrons. The van der Waals surface area contributed by atoms with E-state index in [0.717, 1.165) is 25.7 Å². The van der Waals surface area contributed by atoms with Crippen molar-refractivity contribution in [3.8, 4) is 11.3 Å². The summed E-state index contributed by atoms with van der Waals surface area (Å²) in [5, 5.41) is 9.99. The third-order valence-corrected chi connectivity index (χ3v) is 10.1. The third kappa shape index (κ3) is 5.90. The van der Waals surface area contributed by atoms with E-state index < -0.39 is 34.2 Å². The number of hydrogen-bond donors (Lipinski definition) is 4. The van der Waals surface area contributed by atoms with Crippen molar-refractivity contribution in [2.75, 3.05) is 58.8 Å². The standard InChI is InChI=1S/C29H35F2N7O4S/c30-29(31)9-13-38(14-10-29)27-24-18(1-4-22(32)35-24)17-21(34-27)23-20(36-43(41,42)16-15-39)3-2-19(26(33)40)25(23)37-11-7-28(5-6-28)8-12-37/h1-4,17,36,39H,5-16H2,(H2,32,35)(H2,33,40). The number of aliphatic hydroxyl groups is 1. The fourth-order valence-electron chi connectivity index (χ4n) is 6.20. The highest BCUT2D eigenvalue weighted by Crippen LogP contribution is 2.55. The number of carbonyl (C=O) groups is 1. The molecule has 1 saturated carbocycles. The van der Waals surface area contributed by atoms with Crippen LogP contribution in [0.1, 0.15) is 48.9 Å². The number of fused-ring (bicyclic) bond motifs is 1. The molecule has 14 heteroatoms. The molecule has 6 rings (SSSR count). The fourth-order valence-corrected chi connectivity index (χ4v) is 7.05. The van der Waals surface area contributed by atoms with E-state index in [1.165, 1.54) is 12.1 Å². The predicted molar refractivity (Wildman–Crippen MR) is 162 cm³/mol. The molecule has 2 aliphatic heterocycles. The maximum Gasteiger partial charge on any atom is 0.251 e. The molecule has 0 unspecified atom stereocenters. The van der Waals surface area contributed by atoms with Crippen LogP contribution < -0.4 is 26.0 Å². The second-order valence-corrected chi connectivity index (χ2v) is 13.7. The third-order valence-electron chi connectivity index (χ3n) is 8.90. The van der Waals surface area contributed by atoms with Crippen LogP contribution in [0.3, 0.4) is 0 Å². The number of rotatable bonds is 8. The SMILES string of the molecule is NC(=O)c1ccc(NS(=O)(=O)CCO)c(-c2cc3ccc(N)nc3c(N3CCC(F)(F)CC3)n2)c1N1CCC2(CC1)CC2. The van der Waals surface area contributed by atoms with E-state index in [2.05, 4.69) is 14.6 Å². The zero-order chi connectivity index (χ0) is 30.6. The number of primary amides is 1. The molecule has 43 heavy (non-hydrogen) atoms. The van der Waals surface area contributed by atoms with Gasteiger partial charge in [-0.2, -0.15) is 0 Å². The van der Waals surface area contributed by atoms with Crippen molar-refractivity contribution in [3.05, 3.63) is 35.9 Å². The normalized spacial score (nSPS) is 19.5. The number of anilines is 4.